The fourth-order valence-corrected chi connectivity index (χ4v) is 5.63. The number of rotatable bonds is 18. The Kier molecular flexibility index (Phi) is 14.8. The van der Waals surface area contributed by atoms with Gasteiger partial charge < -0.3 is 9.47 Å². The number of benzene rings is 3. The van der Waals surface area contributed by atoms with E-state index in [2.05, 4.69) is 6.92 Å². The predicted molar refractivity (Wildman–Crippen MR) is 173 cm³/mol. The van der Waals surface area contributed by atoms with Crippen LogP contribution in [0.1, 0.15) is 105 Å². The molecule has 3 aromatic carbocycles. The molecule has 0 aliphatic carbocycles. The fourth-order valence-electron chi connectivity index (χ4n) is 4.68. The number of hydrogen-bond donors (Lipinski definition) is 0. The van der Waals surface area contributed by atoms with Crippen molar-refractivity contribution in [2.45, 2.75) is 95.9 Å². The Morgan fingerprint density at radius 2 is 1.16 bits per heavy atom. The number of halogens is 3. The molecule has 44 heavy (non-hydrogen) atoms. The van der Waals surface area contributed by atoms with Gasteiger partial charge in [0.2, 0.25) is 5.12 Å². The molecule has 1 atom stereocenters. The van der Waals surface area contributed by atoms with Gasteiger partial charge in [-0.15, -0.1) is 0 Å². The second kappa shape index (κ2) is 18.5. The average Bonchev–Trinajstić information content (AvgIpc) is 3.02. The minimum Gasteiger partial charge on any atom is -0.494 e. The maximum atomic E-state index is 13.5. The Hall–Kier alpha value is -3.26. The average molecular weight is 629 g/mol. The molecule has 4 nitrogen and oxygen atoms in total. The van der Waals surface area contributed by atoms with Gasteiger partial charge in [-0.2, -0.15) is 13.2 Å². The minimum atomic E-state index is -4.46. The van der Waals surface area contributed by atoms with Crippen LogP contribution in [0, 0.1) is 0 Å². The van der Waals surface area contributed by atoms with Crippen molar-refractivity contribution in [2.75, 3.05) is 6.61 Å². The fraction of sp³-hybridized carbons (Fsp3) is 0.444. The number of alkyl halides is 3. The lowest BCUT2D eigenvalue weighted by molar-refractivity contribution is -0.129. The summed E-state index contributed by atoms with van der Waals surface area (Å²) in [5.74, 6) is 0.452. The maximum Gasteiger partial charge on any atom is 0.401 e. The summed E-state index contributed by atoms with van der Waals surface area (Å²) in [6.45, 7) is 4.91. The number of unbranched alkanes of at least 4 members (excludes halogenated alkanes) is 8. The number of carbonyl (C=O) groups excluding carboxylic acids is 2. The second-order valence-corrected chi connectivity index (χ2v) is 12.1. The molecule has 0 aromatic heterocycles. The highest BCUT2D eigenvalue weighted by molar-refractivity contribution is 8.14. The Morgan fingerprint density at radius 1 is 0.659 bits per heavy atom. The van der Waals surface area contributed by atoms with E-state index in [1.165, 1.54) is 56.4 Å². The Morgan fingerprint density at radius 3 is 1.75 bits per heavy atom. The zero-order valence-corrected chi connectivity index (χ0v) is 26.5. The van der Waals surface area contributed by atoms with Crippen molar-refractivity contribution >= 4 is 22.8 Å². The first-order valence-corrected chi connectivity index (χ1v) is 16.5. The quantitative estimate of drug-likeness (QED) is 0.0797. The van der Waals surface area contributed by atoms with Gasteiger partial charge in [-0.25, -0.2) is 4.79 Å². The van der Waals surface area contributed by atoms with E-state index in [9.17, 15) is 22.8 Å². The summed E-state index contributed by atoms with van der Waals surface area (Å²) in [7, 11) is 0. The van der Waals surface area contributed by atoms with Crippen LogP contribution in [-0.4, -0.2) is 29.1 Å². The summed E-state index contributed by atoms with van der Waals surface area (Å²) in [5, 5.41) is -2.40. The molecule has 0 unspecified atom stereocenters. The second-order valence-electron chi connectivity index (χ2n) is 10.9. The summed E-state index contributed by atoms with van der Waals surface area (Å²) in [6, 6.07) is 20.5. The molecule has 0 aliphatic rings. The summed E-state index contributed by atoms with van der Waals surface area (Å²) >= 11 is 0.308. The van der Waals surface area contributed by atoms with Gasteiger partial charge in [0.05, 0.1) is 12.2 Å². The molecule has 238 valence electrons. The van der Waals surface area contributed by atoms with Crippen molar-refractivity contribution in [1.29, 1.82) is 0 Å². The van der Waals surface area contributed by atoms with Gasteiger partial charge in [0.25, 0.3) is 0 Å². The molecule has 0 saturated carbocycles. The van der Waals surface area contributed by atoms with E-state index < -0.39 is 22.5 Å². The number of ether oxygens (including phenoxy) is 2. The molecular weight excluding hydrogens is 585 g/mol. The van der Waals surface area contributed by atoms with Gasteiger partial charge in [-0.3, -0.25) is 4.79 Å². The van der Waals surface area contributed by atoms with Crippen molar-refractivity contribution in [3.8, 4) is 22.6 Å². The van der Waals surface area contributed by atoms with E-state index in [1.54, 1.807) is 12.1 Å². The van der Waals surface area contributed by atoms with Crippen LogP contribution in [0.25, 0.3) is 11.1 Å². The molecule has 3 rings (SSSR count). The third-order valence-electron chi connectivity index (χ3n) is 7.31. The zero-order valence-electron chi connectivity index (χ0n) is 25.7. The first-order chi connectivity index (χ1) is 21.2. The molecule has 0 N–H and O–H groups in total. The Balaban J connectivity index is 1.49. The van der Waals surface area contributed by atoms with Crippen LogP contribution in [-0.2, 0) is 0 Å². The van der Waals surface area contributed by atoms with Crippen LogP contribution in [0.3, 0.4) is 0 Å². The van der Waals surface area contributed by atoms with Gasteiger partial charge in [-0.05, 0) is 72.5 Å². The van der Waals surface area contributed by atoms with Gasteiger partial charge in [0.15, 0.2) is 0 Å². The van der Waals surface area contributed by atoms with Crippen LogP contribution >= 0.6 is 11.8 Å². The molecule has 0 radical (unpaired) electrons. The van der Waals surface area contributed by atoms with E-state index >= 15 is 0 Å². The molecular formula is C36H43F3O4S. The van der Waals surface area contributed by atoms with Crippen molar-refractivity contribution in [3.05, 3.63) is 83.9 Å². The topological polar surface area (TPSA) is 52.6 Å². The van der Waals surface area contributed by atoms with Crippen molar-refractivity contribution in [2.24, 2.45) is 0 Å². The van der Waals surface area contributed by atoms with Crippen LogP contribution in [0.15, 0.2) is 72.8 Å². The van der Waals surface area contributed by atoms with Gasteiger partial charge in [0.1, 0.15) is 16.7 Å². The third kappa shape index (κ3) is 12.0. The van der Waals surface area contributed by atoms with Crippen molar-refractivity contribution in [1.82, 2.24) is 0 Å². The zero-order chi connectivity index (χ0) is 31.8. The molecule has 0 amide bonds. The lowest BCUT2D eigenvalue weighted by Gasteiger charge is -2.19. The molecule has 0 heterocycles. The molecule has 3 aromatic rings. The van der Waals surface area contributed by atoms with Crippen LogP contribution in [0.4, 0.5) is 13.2 Å². The minimum absolute atomic E-state index is 0.0899. The smallest absolute Gasteiger partial charge is 0.401 e. The highest BCUT2D eigenvalue weighted by atomic mass is 32.2. The van der Waals surface area contributed by atoms with Gasteiger partial charge in [-0.1, -0.05) is 108 Å². The van der Waals surface area contributed by atoms with Crippen molar-refractivity contribution in [3.63, 3.8) is 0 Å². The summed E-state index contributed by atoms with van der Waals surface area (Å²) in [6.07, 6.45) is 5.69. The highest BCUT2D eigenvalue weighted by Gasteiger charge is 2.41. The summed E-state index contributed by atoms with van der Waals surface area (Å²) in [4.78, 5) is 25.3. The first-order valence-electron chi connectivity index (χ1n) is 15.6. The monoisotopic (exact) mass is 628 g/mol. The largest absolute Gasteiger partial charge is 0.494 e. The van der Waals surface area contributed by atoms with E-state index in [1.807, 2.05) is 43.3 Å². The SMILES string of the molecule is CCCCCCCCOc1ccc(-c2ccc(C(=O)Oc3ccc(C(=O)S[C@@H](CCCCCC)C(F)(F)F)cc3)cc2)cc1. The van der Waals surface area contributed by atoms with E-state index in [0.29, 0.717) is 36.8 Å². The number of hydrogen-bond acceptors (Lipinski definition) is 5. The molecule has 0 saturated heterocycles. The van der Waals surface area contributed by atoms with Gasteiger partial charge >= 0.3 is 12.1 Å². The molecule has 0 fully saturated rings. The lowest BCUT2D eigenvalue weighted by Crippen LogP contribution is -2.27. The Bertz CT molecular complexity index is 1270. The molecule has 0 bridgehead atoms. The number of esters is 1. The van der Waals surface area contributed by atoms with E-state index in [-0.39, 0.29) is 17.7 Å². The van der Waals surface area contributed by atoms with Crippen LogP contribution < -0.4 is 9.47 Å². The maximum absolute atomic E-state index is 13.5. The molecule has 8 heteroatoms. The van der Waals surface area contributed by atoms with E-state index in [0.717, 1.165) is 36.1 Å². The third-order valence-corrected chi connectivity index (χ3v) is 8.55. The lowest BCUT2D eigenvalue weighted by atomic mass is 10.0. The highest BCUT2D eigenvalue weighted by Crippen LogP contribution is 2.36. The van der Waals surface area contributed by atoms with Crippen LogP contribution in [0.2, 0.25) is 0 Å². The standard InChI is InChI=1S/C36H43F3O4S/c1-3-5-7-9-10-12-26-42-31-22-18-28(19-23-31)27-14-16-29(17-15-27)34(40)43-32-24-20-30(21-25-32)35(41)44-33(36(37,38)39)13-11-8-6-4-2/h14-25,33H,3-13,26H2,1-2H3/t33-/m0/s1. The molecule has 0 spiro atoms. The van der Waals surface area contributed by atoms with Crippen molar-refractivity contribution < 1.29 is 32.2 Å². The molecule has 0 aliphatic heterocycles. The predicted octanol–water partition coefficient (Wildman–Crippen LogP) is 11.1. The van der Waals surface area contributed by atoms with Gasteiger partial charge in [0, 0.05) is 5.56 Å². The number of thioether (sulfide) groups is 1. The summed E-state index contributed by atoms with van der Waals surface area (Å²) < 4.78 is 51.7. The first kappa shape index (κ1) is 35.2. The van der Waals surface area contributed by atoms with E-state index in [4.69, 9.17) is 9.47 Å². The Labute approximate surface area is 263 Å². The number of carbonyl (C=O) groups is 2. The normalized spacial score (nSPS) is 12.1. The summed E-state index contributed by atoms with van der Waals surface area (Å²) in [5.41, 5.74) is 2.40. The van der Waals surface area contributed by atoms with Crippen LogP contribution in [0.5, 0.6) is 11.5 Å².